The van der Waals surface area contributed by atoms with Gasteiger partial charge in [0.15, 0.2) is 0 Å². The molecule has 0 rings (SSSR count). The van der Waals surface area contributed by atoms with E-state index >= 15 is 0 Å². The zero-order valence-corrected chi connectivity index (χ0v) is 11.1. The largest absolute Gasteiger partial charge is 0.466 e. The highest BCUT2D eigenvalue weighted by Gasteiger charge is 2.27. The second-order valence-electron chi connectivity index (χ2n) is 4.35. The zero-order valence-electron chi connectivity index (χ0n) is 11.1. The predicted molar refractivity (Wildman–Crippen MR) is 66.9 cm³/mol. The van der Waals surface area contributed by atoms with Gasteiger partial charge in [0.2, 0.25) is 0 Å². The van der Waals surface area contributed by atoms with Crippen LogP contribution in [-0.4, -0.2) is 50.9 Å². The topological polar surface area (TPSA) is 41.9 Å². The molecule has 0 spiro atoms. The highest BCUT2D eigenvalue weighted by molar-refractivity contribution is 5.77. The Morgan fingerprint density at radius 1 is 1.50 bits per heavy atom. The van der Waals surface area contributed by atoms with E-state index in [2.05, 4.69) is 16.8 Å². The highest BCUT2D eigenvalue weighted by Crippen LogP contribution is 2.20. The molecule has 0 aromatic carbocycles. The van der Waals surface area contributed by atoms with Crippen LogP contribution in [0.1, 0.15) is 27.2 Å². The monoisotopic (exact) mass is 228 g/mol. The summed E-state index contributed by atoms with van der Waals surface area (Å²) in [6, 6.07) is 0. The normalized spacial score (nSPS) is 15.4. The van der Waals surface area contributed by atoms with Gasteiger partial charge in [-0.3, -0.25) is 4.79 Å². The van der Waals surface area contributed by atoms with Crippen LogP contribution in [0.4, 0.5) is 0 Å². The van der Waals surface area contributed by atoms with Crippen LogP contribution in [0.2, 0.25) is 0 Å². The number of rotatable bonds is 7. The maximum absolute atomic E-state index is 11.5. The number of esters is 1. The molecule has 1 unspecified atom stereocenters. The number of aliphatic imine (C=N–C) groups is 1. The van der Waals surface area contributed by atoms with Crippen molar-refractivity contribution in [1.82, 2.24) is 4.90 Å². The SMILES string of the molecule is CCOC(=O)CC(C)(C=NC)CN(C)CC. The molecule has 0 saturated carbocycles. The first-order chi connectivity index (χ1) is 7.47. The lowest BCUT2D eigenvalue weighted by Gasteiger charge is -2.29. The Balaban J connectivity index is 4.49. The van der Waals surface area contributed by atoms with Crippen molar-refractivity contribution in [1.29, 1.82) is 0 Å². The van der Waals surface area contributed by atoms with Gasteiger partial charge in [0.1, 0.15) is 0 Å². The number of ether oxygens (including phenoxy) is 1. The van der Waals surface area contributed by atoms with Crippen LogP contribution in [0.15, 0.2) is 4.99 Å². The number of hydrogen-bond acceptors (Lipinski definition) is 4. The second kappa shape index (κ2) is 7.39. The van der Waals surface area contributed by atoms with E-state index in [-0.39, 0.29) is 11.4 Å². The molecule has 0 radical (unpaired) electrons. The van der Waals surface area contributed by atoms with Crippen LogP contribution in [0.3, 0.4) is 0 Å². The molecular formula is C12H24N2O2. The minimum Gasteiger partial charge on any atom is -0.466 e. The highest BCUT2D eigenvalue weighted by atomic mass is 16.5. The molecule has 0 bridgehead atoms. The lowest BCUT2D eigenvalue weighted by atomic mass is 9.87. The van der Waals surface area contributed by atoms with Crippen molar-refractivity contribution >= 4 is 12.2 Å². The summed E-state index contributed by atoms with van der Waals surface area (Å²) < 4.78 is 4.98. The van der Waals surface area contributed by atoms with Crippen LogP contribution in [0, 0.1) is 5.41 Å². The molecule has 0 aliphatic heterocycles. The van der Waals surface area contributed by atoms with Crippen LogP contribution in [0.25, 0.3) is 0 Å². The summed E-state index contributed by atoms with van der Waals surface area (Å²) in [6.45, 7) is 8.13. The Labute approximate surface area is 98.7 Å². The van der Waals surface area contributed by atoms with Crippen molar-refractivity contribution < 1.29 is 9.53 Å². The van der Waals surface area contributed by atoms with E-state index in [1.807, 2.05) is 27.1 Å². The van der Waals surface area contributed by atoms with E-state index in [0.717, 1.165) is 13.1 Å². The van der Waals surface area contributed by atoms with E-state index in [9.17, 15) is 4.79 Å². The molecule has 1 atom stereocenters. The van der Waals surface area contributed by atoms with E-state index in [0.29, 0.717) is 13.0 Å². The summed E-state index contributed by atoms with van der Waals surface area (Å²) in [7, 11) is 3.77. The first-order valence-electron chi connectivity index (χ1n) is 5.75. The first kappa shape index (κ1) is 15.1. The van der Waals surface area contributed by atoms with Crippen molar-refractivity contribution in [2.24, 2.45) is 10.4 Å². The summed E-state index contributed by atoms with van der Waals surface area (Å²) in [4.78, 5) is 17.7. The molecule has 0 fully saturated rings. The summed E-state index contributed by atoms with van der Waals surface area (Å²) in [5.41, 5.74) is -0.244. The molecule has 0 aliphatic rings. The Morgan fingerprint density at radius 2 is 2.12 bits per heavy atom. The fourth-order valence-corrected chi connectivity index (χ4v) is 1.72. The molecule has 0 aliphatic carbocycles. The maximum Gasteiger partial charge on any atom is 0.306 e. The maximum atomic E-state index is 11.5. The van der Waals surface area contributed by atoms with Gasteiger partial charge in [0.25, 0.3) is 0 Å². The third-order valence-corrected chi connectivity index (χ3v) is 2.47. The van der Waals surface area contributed by atoms with E-state index in [4.69, 9.17) is 4.74 Å². The number of carbonyl (C=O) groups is 1. The van der Waals surface area contributed by atoms with Crippen LogP contribution < -0.4 is 0 Å². The molecule has 0 heterocycles. The van der Waals surface area contributed by atoms with Gasteiger partial charge in [-0.1, -0.05) is 13.8 Å². The van der Waals surface area contributed by atoms with Crippen LogP contribution in [-0.2, 0) is 9.53 Å². The van der Waals surface area contributed by atoms with Gasteiger partial charge in [0.05, 0.1) is 13.0 Å². The Morgan fingerprint density at radius 3 is 2.56 bits per heavy atom. The van der Waals surface area contributed by atoms with Gasteiger partial charge in [0, 0.05) is 25.2 Å². The molecule has 4 nitrogen and oxygen atoms in total. The Kier molecular flexibility index (Phi) is 6.97. The standard InChI is InChI=1S/C12H24N2O2/c1-6-14(5)10-12(3,9-13-4)8-11(15)16-7-2/h9H,6-8,10H2,1-5H3. The smallest absolute Gasteiger partial charge is 0.306 e. The summed E-state index contributed by atoms with van der Waals surface area (Å²) in [6.07, 6.45) is 2.22. The predicted octanol–water partition coefficient (Wildman–Crippen LogP) is 1.60. The van der Waals surface area contributed by atoms with Gasteiger partial charge < -0.3 is 14.6 Å². The fourth-order valence-electron chi connectivity index (χ4n) is 1.72. The number of hydrogen-bond donors (Lipinski definition) is 0. The molecule has 4 heteroatoms. The van der Waals surface area contributed by atoms with E-state index in [1.54, 1.807) is 7.05 Å². The molecule has 94 valence electrons. The molecule has 0 saturated heterocycles. The average Bonchev–Trinajstić information content (AvgIpc) is 2.17. The van der Waals surface area contributed by atoms with E-state index < -0.39 is 0 Å². The van der Waals surface area contributed by atoms with Crippen molar-refractivity contribution in [3.05, 3.63) is 0 Å². The van der Waals surface area contributed by atoms with Crippen LogP contribution >= 0.6 is 0 Å². The zero-order chi connectivity index (χ0) is 12.6. The fraction of sp³-hybridized carbons (Fsp3) is 0.833. The van der Waals surface area contributed by atoms with Crippen molar-refractivity contribution in [3.8, 4) is 0 Å². The molecule has 0 aromatic heterocycles. The molecule has 16 heavy (non-hydrogen) atoms. The van der Waals surface area contributed by atoms with Gasteiger partial charge >= 0.3 is 5.97 Å². The lowest BCUT2D eigenvalue weighted by Crippen LogP contribution is -2.36. The van der Waals surface area contributed by atoms with Crippen LogP contribution in [0.5, 0.6) is 0 Å². The molecule has 0 aromatic rings. The molecule has 0 amide bonds. The summed E-state index contributed by atoms with van der Waals surface area (Å²) >= 11 is 0. The first-order valence-corrected chi connectivity index (χ1v) is 5.75. The quantitative estimate of drug-likeness (QED) is 0.491. The second-order valence-corrected chi connectivity index (χ2v) is 4.35. The average molecular weight is 228 g/mol. The Bertz CT molecular complexity index is 241. The van der Waals surface area contributed by atoms with Gasteiger partial charge in [-0.15, -0.1) is 0 Å². The minimum atomic E-state index is -0.244. The van der Waals surface area contributed by atoms with Crippen molar-refractivity contribution in [2.45, 2.75) is 27.2 Å². The number of nitrogens with zero attached hydrogens (tertiary/aromatic N) is 2. The molecular weight excluding hydrogens is 204 g/mol. The Hall–Kier alpha value is -0.900. The lowest BCUT2D eigenvalue weighted by molar-refractivity contribution is -0.144. The van der Waals surface area contributed by atoms with Crippen molar-refractivity contribution in [2.75, 3.05) is 33.8 Å². The number of carbonyl (C=O) groups excluding carboxylic acids is 1. The third kappa shape index (κ3) is 5.85. The van der Waals surface area contributed by atoms with Crippen molar-refractivity contribution in [3.63, 3.8) is 0 Å². The van der Waals surface area contributed by atoms with Gasteiger partial charge in [-0.25, -0.2) is 0 Å². The van der Waals surface area contributed by atoms with E-state index in [1.165, 1.54) is 0 Å². The molecule has 0 N–H and O–H groups in total. The summed E-state index contributed by atoms with van der Waals surface area (Å²) in [5, 5.41) is 0. The van der Waals surface area contributed by atoms with Gasteiger partial charge in [-0.2, -0.15) is 0 Å². The summed E-state index contributed by atoms with van der Waals surface area (Å²) in [5.74, 6) is -0.158. The third-order valence-electron chi connectivity index (χ3n) is 2.47. The minimum absolute atomic E-state index is 0.158. The van der Waals surface area contributed by atoms with Gasteiger partial charge in [-0.05, 0) is 20.5 Å².